The van der Waals surface area contributed by atoms with E-state index in [4.69, 9.17) is 0 Å². The van der Waals surface area contributed by atoms with Crippen LogP contribution in [-0.4, -0.2) is 8.07 Å². The molecule has 0 atom stereocenters. The monoisotopic (exact) mass is 335 g/mol. The van der Waals surface area contributed by atoms with Gasteiger partial charge in [0.05, 0.1) is 8.07 Å². The molecular formula is C22H29NSi. The summed E-state index contributed by atoms with van der Waals surface area (Å²) >= 11 is 0. The molecule has 0 bridgehead atoms. The molecule has 0 aliphatic carbocycles. The van der Waals surface area contributed by atoms with Gasteiger partial charge in [-0.05, 0) is 23.1 Å². The van der Waals surface area contributed by atoms with Crippen molar-refractivity contribution in [2.75, 3.05) is 0 Å². The first-order valence-electron chi connectivity index (χ1n) is 8.70. The summed E-state index contributed by atoms with van der Waals surface area (Å²) in [6.07, 6.45) is 7.64. The van der Waals surface area contributed by atoms with Crippen LogP contribution in [0, 0.1) is 0 Å². The van der Waals surface area contributed by atoms with Crippen LogP contribution in [0.25, 0.3) is 0 Å². The second kappa shape index (κ2) is 9.41. The lowest BCUT2D eigenvalue weighted by Gasteiger charge is -2.09. The number of allylic oxidation sites excluding steroid dienone is 3. The second-order valence-corrected chi connectivity index (χ2v) is 12.3. The maximum atomic E-state index is 3.55. The summed E-state index contributed by atoms with van der Waals surface area (Å²) < 4.78 is 0. The van der Waals surface area contributed by atoms with Crippen molar-refractivity contribution in [2.45, 2.75) is 39.2 Å². The molecule has 0 fully saturated rings. The minimum absolute atomic E-state index is 0.906. The summed E-state index contributed by atoms with van der Waals surface area (Å²) in [6.45, 7) is 8.87. The molecular weight excluding hydrogens is 306 g/mol. The van der Waals surface area contributed by atoms with Gasteiger partial charge in [0.1, 0.15) is 0 Å². The highest BCUT2D eigenvalue weighted by molar-refractivity contribution is 6.80. The molecule has 2 aromatic carbocycles. The second-order valence-electron chi connectivity index (χ2n) is 7.22. The maximum absolute atomic E-state index is 3.55. The van der Waals surface area contributed by atoms with Crippen LogP contribution in [0.2, 0.25) is 19.6 Å². The Morgan fingerprint density at radius 3 is 2.17 bits per heavy atom. The Morgan fingerprint density at radius 2 is 1.46 bits per heavy atom. The van der Waals surface area contributed by atoms with E-state index >= 15 is 0 Å². The number of nitrogens with one attached hydrogen (secondary N) is 1. The maximum Gasteiger partial charge on any atom is 0.0686 e. The molecule has 0 aliphatic rings. The lowest BCUT2D eigenvalue weighted by Crippen LogP contribution is -2.15. The van der Waals surface area contributed by atoms with Gasteiger partial charge in [0.15, 0.2) is 0 Å². The summed E-state index contributed by atoms with van der Waals surface area (Å²) in [5, 5.41) is 3.55. The molecule has 0 saturated heterocycles. The largest absolute Gasteiger partial charge is 0.309 e. The predicted molar refractivity (Wildman–Crippen MR) is 109 cm³/mol. The Hall–Kier alpha value is -1.90. The van der Waals surface area contributed by atoms with Crippen molar-refractivity contribution in [2.24, 2.45) is 0 Å². The van der Waals surface area contributed by atoms with Crippen molar-refractivity contribution >= 4 is 8.07 Å². The van der Waals surface area contributed by atoms with Crippen molar-refractivity contribution in [1.29, 1.82) is 0 Å². The molecule has 0 saturated carbocycles. The standard InChI is InChI=1S/C22H29NSi/c1-24(2,3)17-11-5-8-14-21-15-9-10-16-22(21)19-23-18-20-12-6-4-7-13-20/h4-13,15-17,23H,14,18-19H2,1-3H3/b8-5+,17-11-. The first-order valence-corrected chi connectivity index (χ1v) is 12.3. The van der Waals surface area contributed by atoms with E-state index in [2.05, 4.69) is 103 Å². The van der Waals surface area contributed by atoms with Crippen molar-refractivity contribution in [3.8, 4) is 0 Å². The zero-order chi connectivity index (χ0) is 17.3. The van der Waals surface area contributed by atoms with Crippen LogP contribution in [0.5, 0.6) is 0 Å². The van der Waals surface area contributed by atoms with Gasteiger partial charge >= 0.3 is 0 Å². The minimum Gasteiger partial charge on any atom is -0.309 e. The van der Waals surface area contributed by atoms with Crippen LogP contribution >= 0.6 is 0 Å². The fourth-order valence-electron chi connectivity index (χ4n) is 2.48. The molecule has 2 rings (SSSR count). The molecule has 126 valence electrons. The number of hydrogen-bond donors (Lipinski definition) is 1. The van der Waals surface area contributed by atoms with Crippen LogP contribution < -0.4 is 5.32 Å². The van der Waals surface area contributed by atoms with Crippen LogP contribution in [0.15, 0.2) is 78.5 Å². The number of hydrogen-bond acceptors (Lipinski definition) is 1. The molecule has 0 amide bonds. The molecule has 1 N–H and O–H groups in total. The first-order chi connectivity index (χ1) is 11.5. The summed E-state index contributed by atoms with van der Waals surface area (Å²) in [5.74, 6) is 0. The van der Waals surface area contributed by atoms with Gasteiger partial charge in [-0.3, -0.25) is 0 Å². The third-order valence-corrected chi connectivity index (χ3v) is 4.98. The Balaban J connectivity index is 1.88. The van der Waals surface area contributed by atoms with Crippen molar-refractivity contribution in [3.63, 3.8) is 0 Å². The predicted octanol–water partition coefficient (Wildman–Crippen LogP) is 5.51. The van der Waals surface area contributed by atoms with Gasteiger partial charge in [0.2, 0.25) is 0 Å². The zero-order valence-corrected chi connectivity index (χ0v) is 16.1. The third-order valence-electron chi connectivity index (χ3n) is 3.79. The Morgan fingerprint density at radius 1 is 0.792 bits per heavy atom. The highest BCUT2D eigenvalue weighted by Crippen LogP contribution is 2.11. The van der Waals surface area contributed by atoms with Gasteiger partial charge in [0, 0.05) is 13.1 Å². The van der Waals surface area contributed by atoms with Gasteiger partial charge in [0.25, 0.3) is 0 Å². The van der Waals surface area contributed by atoms with Gasteiger partial charge in [-0.15, -0.1) is 0 Å². The fraction of sp³-hybridized carbons (Fsp3) is 0.273. The SMILES string of the molecule is C[Si](C)(C)/C=C\C=C\Cc1ccccc1CNCc1ccccc1. The third kappa shape index (κ3) is 7.11. The van der Waals surface area contributed by atoms with E-state index in [1.54, 1.807) is 0 Å². The minimum atomic E-state index is -1.09. The Labute approximate surface area is 148 Å². The van der Waals surface area contributed by atoms with Gasteiger partial charge in [-0.2, -0.15) is 0 Å². The lowest BCUT2D eigenvalue weighted by atomic mass is 10.0. The van der Waals surface area contributed by atoms with E-state index in [1.807, 2.05) is 0 Å². The van der Waals surface area contributed by atoms with E-state index < -0.39 is 8.07 Å². The fourth-order valence-corrected chi connectivity index (χ4v) is 3.17. The highest BCUT2D eigenvalue weighted by Gasteiger charge is 2.05. The quantitative estimate of drug-likeness (QED) is 0.495. The average molecular weight is 336 g/mol. The summed E-state index contributed by atoms with van der Waals surface area (Å²) in [7, 11) is -1.09. The van der Waals surface area contributed by atoms with Crippen molar-refractivity contribution in [3.05, 3.63) is 95.2 Å². The molecule has 0 aliphatic heterocycles. The van der Waals surface area contributed by atoms with E-state index in [-0.39, 0.29) is 0 Å². The molecule has 0 spiro atoms. The van der Waals surface area contributed by atoms with E-state index in [0.717, 1.165) is 19.5 Å². The van der Waals surface area contributed by atoms with Crippen LogP contribution in [0.4, 0.5) is 0 Å². The van der Waals surface area contributed by atoms with E-state index in [1.165, 1.54) is 16.7 Å². The van der Waals surface area contributed by atoms with Crippen LogP contribution in [0.1, 0.15) is 16.7 Å². The molecule has 0 aromatic heterocycles. The van der Waals surface area contributed by atoms with E-state index in [9.17, 15) is 0 Å². The van der Waals surface area contributed by atoms with Crippen molar-refractivity contribution < 1.29 is 0 Å². The summed E-state index contributed by atoms with van der Waals surface area (Å²) in [6, 6.07) is 19.2. The molecule has 1 nitrogen and oxygen atoms in total. The van der Waals surface area contributed by atoms with Crippen LogP contribution in [0.3, 0.4) is 0 Å². The smallest absolute Gasteiger partial charge is 0.0686 e. The highest BCUT2D eigenvalue weighted by atomic mass is 28.3. The Kier molecular flexibility index (Phi) is 7.23. The average Bonchev–Trinajstić information content (AvgIpc) is 2.56. The van der Waals surface area contributed by atoms with E-state index in [0.29, 0.717) is 0 Å². The molecule has 0 unspecified atom stereocenters. The summed E-state index contributed by atoms with van der Waals surface area (Å²) in [4.78, 5) is 0. The molecule has 0 radical (unpaired) electrons. The summed E-state index contributed by atoms with van der Waals surface area (Å²) in [5.41, 5.74) is 6.48. The molecule has 0 heterocycles. The Bertz CT molecular complexity index is 666. The lowest BCUT2D eigenvalue weighted by molar-refractivity contribution is 0.689. The normalized spacial score (nSPS) is 12.3. The number of benzene rings is 2. The van der Waals surface area contributed by atoms with Crippen molar-refractivity contribution in [1.82, 2.24) is 5.32 Å². The molecule has 2 aromatic rings. The van der Waals surface area contributed by atoms with Gasteiger partial charge in [-0.1, -0.05) is 98.2 Å². The molecule has 24 heavy (non-hydrogen) atoms. The van der Waals surface area contributed by atoms with Crippen LogP contribution in [-0.2, 0) is 19.5 Å². The first kappa shape index (κ1) is 18.4. The molecule has 2 heteroatoms. The number of rotatable bonds is 8. The van der Waals surface area contributed by atoms with Gasteiger partial charge < -0.3 is 5.32 Å². The topological polar surface area (TPSA) is 12.0 Å². The zero-order valence-electron chi connectivity index (χ0n) is 15.1. The van der Waals surface area contributed by atoms with Gasteiger partial charge in [-0.25, -0.2) is 0 Å².